The van der Waals surface area contributed by atoms with Gasteiger partial charge in [0.1, 0.15) is 11.2 Å². The number of furan rings is 1. The summed E-state index contributed by atoms with van der Waals surface area (Å²) in [5, 5.41) is 9.65. The van der Waals surface area contributed by atoms with Crippen LogP contribution in [0.5, 0.6) is 0 Å². The Balaban J connectivity index is 1.03. The van der Waals surface area contributed by atoms with E-state index >= 15 is 0 Å². The number of thiophene rings is 2. The van der Waals surface area contributed by atoms with Crippen LogP contribution >= 0.6 is 22.7 Å². The fourth-order valence-electron chi connectivity index (χ4n) is 10.5. The van der Waals surface area contributed by atoms with Crippen molar-refractivity contribution in [2.24, 2.45) is 0 Å². The summed E-state index contributed by atoms with van der Waals surface area (Å²) < 4.78 is 11.8. The molecule has 0 amide bonds. The van der Waals surface area contributed by atoms with Gasteiger partial charge in [0.05, 0.1) is 0 Å². The van der Waals surface area contributed by atoms with Gasteiger partial charge in [-0.15, -0.1) is 22.7 Å². The van der Waals surface area contributed by atoms with Crippen LogP contribution in [0.4, 0.5) is 34.1 Å². The normalized spacial score (nSPS) is 11.8. The van der Waals surface area contributed by atoms with Crippen LogP contribution in [0.15, 0.2) is 247 Å². The highest BCUT2D eigenvalue weighted by atomic mass is 32.1. The minimum absolute atomic E-state index is 0.897. The molecule has 324 valence electrons. The fraction of sp³-hybridized carbons (Fsp3) is 0. The van der Waals surface area contributed by atoms with Crippen molar-refractivity contribution >= 4 is 130 Å². The van der Waals surface area contributed by atoms with Gasteiger partial charge in [-0.05, 0) is 125 Å². The zero-order valence-corrected chi connectivity index (χ0v) is 38.8. The number of rotatable bonds is 8. The summed E-state index contributed by atoms with van der Waals surface area (Å²) in [6.45, 7) is 0. The van der Waals surface area contributed by atoms with Crippen molar-refractivity contribution < 1.29 is 4.42 Å². The number of hydrogen-bond acceptors (Lipinski definition) is 5. The van der Waals surface area contributed by atoms with Crippen molar-refractivity contribution in [2.75, 3.05) is 9.80 Å². The van der Waals surface area contributed by atoms with Crippen molar-refractivity contribution in [2.45, 2.75) is 0 Å². The molecule has 3 heterocycles. The first-order chi connectivity index (χ1) is 34.2. The second-order valence-corrected chi connectivity index (χ2v) is 19.8. The average Bonchev–Trinajstić information content (AvgIpc) is 4.10. The second-order valence-electron chi connectivity index (χ2n) is 17.6. The van der Waals surface area contributed by atoms with Gasteiger partial charge in [-0.25, -0.2) is 0 Å². The van der Waals surface area contributed by atoms with Crippen LogP contribution in [0.3, 0.4) is 0 Å². The zero-order valence-electron chi connectivity index (χ0n) is 37.2. The Labute approximate surface area is 406 Å². The van der Waals surface area contributed by atoms with Crippen LogP contribution in [-0.2, 0) is 0 Å². The molecule has 0 unspecified atom stereocenters. The van der Waals surface area contributed by atoms with Gasteiger partial charge in [0.25, 0.3) is 0 Å². The van der Waals surface area contributed by atoms with E-state index in [-0.39, 0.29) is 0 Å². The molecule has 0 fully saturated rings. The van der Waals surface area contributed by atoms with E-state index in [9.17, 15) is 0 Å². The highest BCUT2D eigenvalue weighted by molar-refractivity contribution is 7.26. The largest absolute Gasteiger partial charge is 0.455 e. The minimum Gasteiger partial charge on any atom is -0.455 e. The summed E-state index contributed by atoms with van der Waals surface area (Å²) in [6, 6.07) is 88.5. The van der Waals surface area contributed by atoms with Crippen LogP contribution in [0.25, 0.3) is 95.3 Å². The summed E-state index contributed by atoms with van der Waals surface area (Å²) in [7, 11) is 0. The fourth-order valence-corrected chi connectivity index (χ4v) is 12.7. The first-order valence-electron chi connectivity index (χ1n) is 23.3. The first-order valence-corrected chi connectivity index (χ1v) is 24.9. The molecule has 0 bridgehead atoms. The van der Waals surface area contributed by atoms with E-state index in [0.29, 0.717) is 0 Å². The molecule has 14 aromatic rings. The van der Waals surface area contributed by atoms with Crippen LogP contribution in [-0.4, -0.2) is 0 Å². The van der Waals surface area contributed by atoms with E-state index in [1.807, 2.05) is 28.7 Å². The van der Waals surface area contributed by atoms with Gasteiger partial charge in [0.2, 0.25) is 0 Å². The lowest BCUT2D eigenvalue weighted by atomic mass is 9.91. The number of hydrogen-bond donors (Lipinski definition) is 0. The molecule has 5 heteroatoms. The van der Waals surface area contributed by atoms with Crippen molar-refractivity contribution in [1.29, 1.82) is 0 Å². The molecule has 0 aliphatic heterocycles. The van der Waals surface area contributed by atoms with Crippen LogP contribution < -0.4 is 9.80 Å². The van der Waals surface area contributed by atoms with E-state index in [2.05, 4.69) is 246 Å². The van der Waals surface area contributed by atoms with Crippen LogP contribution in [0.1, 0.15) is 0 Å². The molecular formula is C64H40N2OS2. The second kappa shape index (κ2) is 16.1. The van der Waals surface area contributed by atoms with Gasteiger partial charge in [0.15, 0.2) is 0 Å². The molecule has 11 aromatic carbocycles. The van der Waals surface area contributed by atoms with Crippen molar-refractivity contribution in [3.05, 3.63) is 243 Å². The number of anilines is 6. The van der Waals surface area contributed by atoms with Gasteiger partial charge in [-0.2, -0.15) is 0 Å². The maximum atomic E-state index is 6.63. The third-order valence-corrected chi connectivity index (χ3v) is 15.9. The van der Waals surface area contributed by atoms with E-state index in [4.69, 9.17) is 4.42 Å². The SMILES string of the molecule is c1ccc(N(c2cc(-c3ccc(-c4cccc5c4oc4ccccc45)c4ccccc34)cc(N(c3ccccc3)c3ccc4sc5ccccc5c4c3)c2)c2ccc3sc4ccccc4c3c2)cc1. The summed E-state index contributed by atoms with van der Waals surface area (Å²) in [5.74, 6) is 0. The Morgan fingerprint density at radius 1 is 0.261 bits per heavy atom. The maximum absolute atomic E-state index is 6.63. The third-order valence-electron chi connectivity index (χ3n) is 13.6. The van der Waals surface area contributed by atoms with E-state index < -0.39 is 0 Å². The van der Waals surface area contributed by atoms with E-state index in [0.717, 1.165) is 78.3 Å². The van der Waals surface area contributed by atoms with Gasteiger partial charge in [0, 0.05) is 90.8 Å². The predicted octanol–water partition coefficient (Wildman–Crippen LogP) is 19.7. The predicted molar refractivity (Wildman–Crippen MR) is 297 cm³/mol. The summed E-state index contributed by atoms with van der Waals surface area (Å²) in [5.41, 5.74) is 12.7. The lowest BCUT2D eigenvalue weighted by molar-refractivity contribution is 0.670. The van der Waals surface area contributed by atoms with Crippen molar-refractivity contribution in [3.8, 4) is 22.3 Å². The number of benzene rings is 11. The van der Waals surface area contributed by atoms with Gasteiger partial charge in [-0.3, -0.25) is 0 Å². The number of fused-ring (bicyclic) bond motifs is 10. The molecule has 0 saturated carbocycles. The Bertz CT molecular complexity index is 4110. The highest BCUT2D eigenvalue weighted by Gasteiger charge is 2.23. The van der Waals surface area contributed by atoms with Crippen LogP contribution in [0.2, 0.25) is 0 Å². The quantitative estimate of drug-likeness (QED) is 0.151. The first kappa shape index (κ1) is 39.7. The molecule has 3 aromatic heterocycles. The Hall–Kier alpha value is -8.48. The van der Waals surface area contributed by atoms with Gasteiger partial charge < -0.3 is 14.2 Å². The van der Waals surface area contributed by atoms with Crippen molar-refractivity contribution in [1.82, 2.24) is 0 Å². The summed E-state index contributed by atoms with van der Waals surface area (Å²) >= 11 is 3.70. The Morgan fingerprint density at radius 2 is 0.725 bits per heavy atom. The number of para-hydroxylation sites is 4. The third kappa shape index (κ3) is 6.62. The van der Waals surface area contributed by atoms with Crippen LogP contribution in [0, 0.1) is 0 Å². The summed E-state index contributed by atoms with van der Waals surface area (Å²) in [6.07, 6.45) is 0. The van der Waals surface area contributed by atoms with Gasteiger partial charge >= 0.3 is 0 Å². The molecule has 69 heavy (non-hydrogen) atoms. The molecule has 0 saturated heterocycles. The molecule has 0 aliphatic carbocycles. The van der Waals surface area contributed by atoms with E-state index in [1.54, 1.807) is 0 Å². The van der Waals surface area contributed by atoms with E-state index in [1.165, 1.54) is 51.1 Å². The Kier molecular flexibility index (Phi) is 9.26. The molecule has 3 nitrogen and oxygen atoms in total. The minimum atomic E-state index is 0.897. The molecule has 14 rings (SSSR count). The standard InChI is InChI=1S/C64H40N2OS2/c1-3-16-42(17-4-1)65(44-30-34-62-57(39-44)53-23-10-13-28-60(53)68-62)46-36-41(37-47(38-46)66(43-18-5-2-6-19-43)45-31-35-63-58(40-45)54-24-11-14-29-61(54)69-63)48-32-33-51(50-21-8-7-20-49(48)50)55-25-15-26-56-52-22-9-12-27-59(52)67-64(55)56/h1-40H. The number of nitrogens with zero attached hydrogens (tertiary/aromatic N) is 2. The summed E-state index contributed by atoms with van der Waals surface area (Å²) in [4.78, 5) is 4.85. The maximum Gasteiger partial charge on any atom is 0.143 e. The lowest BCUT2D eigenvalue weighted by Crippen LogP contribution is -2.13. The topological polar surface area (TPSA) is 19.6 Å². The molecule has 0 radical (unpaired) electrons. The smallest absolute Gasteiger partial charge is 0.143 e. The lowest BCUT2D eigenvalue weighted by Gasteiger charge is -2.30. The van der Waals surface area contributed by atoms with Gasteiger partial charge in [-0.1, -0.05) is 146 Å². The Morgan fingerprint density at radius 3 is 1.32 bits per heavy atom. The highest BCUT2D eigenvalue weighted by Crippen LogP contribution is 2.48. The average molecular weight is 917 g/mol. The molecular weight excluding hydrogens is 877 g/mol. The molecule has 0 N–H and O–H groups in total. The molecule has 0 spiro atoms. The zero-order chi connectivity index (χ0) is 45.4. The molecule has 0 aliphatic rings. The monoisotopic (exact) mass is 916 g/mol. The van der Waals surface area contributed by atoms with Crippen molar-refractivity contribution in [3.63, 3.8) is 0 Å². The molecule has 0 atom stereocenters.